The standard InChI is InChI=1S/C19H32ClNO2S/c1-7-18(6,8-2)19(9-3,10-4)24(22,23)21-14-16-12-11-15(5)13-17(16)20/h11-13,21H,7-10,14H2,1-6H3. The summed E-state index contributed by atoms with van der Waals surface area (Å²) in [6.45, 7) is 12.4. The Hall–Kier alpha value is -0.580. The Morgan fingerprint density at radius 2 is 1.58 bits per heavy atom. The van der Waals surface area contributed by atoms with Crippen molar-refractivity contribution in [2.45, 2.75) is 78.5 Å². The SMILES string of the molecule is CCC(C)(CC)C(CC)(CC)S(=O)(=O)NCc1ccc(C)cc1Cl. The number of rotatable bonds is 9. The predicted octanol–water partition coefficient (Wildman–Crippen LogP) is 5.45. The second-order valence-electron chi connectivity index (χ2n) is 6.89. The highest BCUT2D eigenvalue weighted by Gasteiger charge is 2.52. The van der Waals surface area contributed by atoms with Crippen LogP contribution in [0.4, 0.5) is 0 Å². The minimum absolute atomic E-state index is 0.229. The van der Waals surface area contributed by atoms with E-state index in [2.05, 4.69) is 25.5 Å². The third-order valence-corrected chi connectivity index (χ3v) is 8.95. The van der Waals surface area contributed by atoms with E-state index >= 15 is 0 Å². The summed E-state index contributed by atoms with van der Waals surface area (Å²) in [5.74, 6) is 0. The van der Waals surface area contributed by atoms with E-state index in [0.717, 1.165) is 24.0 Å². The van der Waals surface area contributed by atoms with Crippen LogP contribution in [0, 0.1) is 12.3 Å². The van der Waals surface area contributed by atoms with E-state index < -0.39 is 14.8 Å². The van der Waals surface area contributed by atoms with Crippen LogP contribution >= 0.6 is 11.6 Å². The zero-order chi connectivity index (χ0) is 18.6. The van der Waals surface area contributed by atoms with Crippen molar-refractivity contribution in [3.05, 3.63) is 34.3 Å². The van der Waals surface area contributed by atoms with Crippen molar-refractivity contribution < 1.29 is 8.42 Å². The van der Waals surface area contributed by atoms with Crippen molar-refractivity contribution in [3.8, 4) is 0 Å². The largest absolute Gasteiger partial charge is 0.218 e. The van der Waals surface area contributed by atoms with Crippen LogP contribution in [0.1, 0.15) is 71.4 Å². The summed E-state index contributed by atoms with van der Waals surface area (Å²) in [4.78, 5) is 0. The maximum Gasteiger partial charge on any atom is 0.218 e. The molecule has 24 heavy (non-hydrogen) atoms. The topological polar surface area (TPSA) is 46.2 Å². The van der Waals surface area contributed by atoms with Crippen LogP contribution in [0.2, 0.25) is 5.02 Å². The van der Waals surface area contributed by atoms with E-state index in [9.17, 15) is 8.42 Å². The van der Waals surface area contributed by atoms with E-state index in [1.807, 2.05) is 39.0 Å². The lowest BCUT2D eigenvalue weighted by Gasteiger charge is -2.46. The third-order valence-electron chi connectivity index (χ3n) is 5.98. The average Bonchev–Trinajstić information content (AvgIpc) is 2.55. The molecule has 0 aliphatic rings. The lowest BCUT2D eigenvalue weighted by atomic mass is 9.69. The summed E-state index contributed by atoms with van der Waals surface area (Å²) in [6.07, 6.45) is 2.85. The van der Waals surface area contributed by atoms with Gasteiger partial charge in [-0.25, -0.2) is 13.1 Å². The van der Waals surface area contributed by atoms with Crippen molar-refractivity contribution in [1.29, 1.82) is 0 Å². The number of nitrogens with one attached hydrogen (secondary N) is 1. The molecule has 0 bridgehead atoms. The minimum atomic E-state index is -3.50. The fourth-order valence-electron chi connectivity index (χ4n) is 3.81. The summed E-state index contributed by atoms with van der Waals surface area (Å²) in [5, 5.41) is 0.602. The molecule has 0 aliphatic carbocycles. The Kier molecular flexibility index (Phi) is 7.33. The summed E-state index contributed by atoms with van der Waals surface area (Å²) in [6, 6.07) is 5.70. The zero-order valence-electron chi connectivity index (χ0n) is 15.9. The van der Waals surface area contributed by atoms with Gasteiger partial charge in [0.2, 0.25) is 10.0 Å². The molecule has 138 valence electrons. The maximum atomic E-state index is 13.3. The van der Waals surface area contributed by atoms with Crippen molar-refractivity contribution in [2.75, 3.05) is 0 Å². The smallest absolute Gasteiger partial charge is 0.212 e. The molecular weight excluding hydrogens is 342 g/mol. The fourth-order valence-corrected chi connectivity index (χ4v) is 6.43. The Morgan fingerprint density at radius 1 is 1.04 bits per heavy atom. The van der Waals surface area contributed by atoms with Crippen LogP contribution in [0.25, 0.3) is 0 Å². The highest BCUT2D eigenvalue weighted by molar-refractivity contribution is 7.90. The molecule has 1 rings (SSSR count). The monoisotopic (exact) mass is 373 g/mol. The highest BCUT2D eigenvalue weighted by Crippen LogP contribution is 2.47. The number of aryl methyl sites for hydroxylation is 1. The van der Waals surface area contributed by atoms with Crippen molar-refractivity contribution in [1.82, 2.24) is 4.72 Å². The molecule has 0 amide bonds. The molecule has 0 radical (unpaired) electrons. The molecule has 5 heteroatoms. The molecular formula is C19H32ClNO2S. The first-order valence-corrected chi connectivity index (χ1v) is 10.7. The fraction of sp³-hybridized carbons (Fsp3) is 0.684. The van der Waals surface area contributed by atoms with E-state index in [4.69, 9.17) is 11.6 Å². The molecule has 0 saturated heterocycles. The van der Waals surface area contributed by atoms with E-state index in [1.54, 1.807) is 0 Å². The van der Waals surface area contributed by atoms with Gasteiger partial charge in [-0.3, -0.25) is 0 Å². The normalized spacial score (nSPS) is 13.3. The molecule has 0 fully saturated rings. The van der Waals surface area contributed by atoms with Crippen molar-refractivity contribution in [3.63, 3.8) is 0 Å². The first kappa shape index (κ1) is 21.5. The molecule has 1 aromatic rings. The third kappa shape index (κ3) is 3.81. The maximum absolute atomic E-state index is 13.3. The Labute approximate surface area is 153 Å². The summed E-state index contributed by atoms with van der Waals surface area (Å²) >= 11 is 6.25. The van der Waals surface area contributed by atoms with Crippen LogP contribution in [0.5, 0.6) is 0 Å². The lowest BCUT2D eigenvalue weighted by molar-refractivity contribution is 0.178. The number of hydrogen-bond donors (Lipinski definition) is 1. The first-order chi connectivity index (χ1) is 11.1. The Bertz CT molecular complexity index is 647. The Morgan fingerprint density at radius 3 is 2.00 bits per heavy atom. The van der Waals surface area contributed by atoms with Gasteiger partial charge in [0.15, 0.2) is 0 Å². The molecule has 0 saturated carbocycles. The quantitative estimate of drug-likeness (QED) is 0.625. The summed E-state index contributed by atoms with van der Waals surface area (Å²) in [7, 11) is -3.50. The van der Waals surface area contributed by atoms with Gasteiger partial charge in [0, 0.05) is 11.6 Å². The highest BCUT2D eigenvalue weighted by atomic mass is 35.5. The molecule has 0 aliphatic heterocycles. The van der Waals surface area contributed by atoms with Gasteiger partial charge >= 0.3 is 0 Å². The molecule has 0 spiro atoms. The Balaban J connectivity index is 3.18. The molecule has 1 aromatic carbocycles. The average molecular weight is 374 g/mol. The number of benzene rings is 1. The predicted molar refractivity (Wildman–Crippen MR) is 104 cm³/mol. The number of hydrogen-bond acceptors (Lipinski definition) is 2. The van der Waals surface area contributed by atoms with Crippen LogP contribution < -0.4 is 4.72 Å². The van der Waals surface area contributed by atoms with Gasteiger partial charge in [-0.05, 0) is 55.2 Å². The van der Waals surface area contributed by atoms with Crippen molar-refractivity contribution >= 4 is 21.6 Å². The van der Waals surface area contributed by atoms with Gasteiger partial charge in [0.05, 0.1) is 4.75 Å². The van der Waals surface area contributed by atoms with Crippen LogP contribution in [0.3, 0.4) is 0 Å². The molecule has 0 atom stereocenters. The van der Waals surface area contributed by atoms with Crippen LogP contribution in [0.15, 0.2) is 18.2 Å². The van der Waals surface area contributed by atoms with Gasteiger partial charge < -0.3 is 0 Å². The van der Waals surface area contributed by atoms with E-state index in [-0.39, 0.29) is 12.0 Å². The van der Waals surface area contributed by atoms with Gasteiger partial charge in [-0.1, -0.05) is 58.4 Å². The number of sulfonamides is 1. The molecule has 0 aromatic heterocycles. The summed E-state index contributed by atoms with van der Waals surface area (Å²) in [5.41, 5.74) is 1.61. The molecule has 0 unspecified atom stereocenters. The van der Waals surface area contributed by atoms with Crippen LogP contribution in [-0.4, -0.2) is 13.2 Å². The summed E-state index contributed by atoms with van der Waals surface area (Å²) < 4.78 is 28.6. The van der Waals surface area contributed by atoms with Crippen LogP contribution in [-0.2, 0) is 16.6 Å². The number of halogens is 1. The van der Waals surface area contributed by atoms with E-state index in [0.29, 0.717) is 17.9 Å². The lowest BCUT2D eigenvalue weighted by Crippen LogP contribution is -2.55. The molecule has 3 nitrogen and oxygen atoms in total. The van der Waals surface area contributed by atoms with E-state index in [1.165, 1.54) is 0 Å². The second kappa shape index (κ2) is 8.20. The van der Waals surface area contributed by atoms with Gasteiger partial charge in [0.25, 0.3) is 0 Å². The molecule has 1 N–H and O–H groups in total. The second-order valence-corrected chi connectivity index (χ2v) is 9.37. The zero-order valence-corrected chi connectivity index (χ0v) is 17.4. The molecule has 0 heterocycles. The van der Waals surface area contributed by atoms with Gasteiger partial charge in [-0.2, -0.15) is 0 Å². The first-order valence-electron chi connectivity index (χ1n) is 8.87. The van der Waals surface area contributed by atoms with Crippen molar-refractivity contribution in [2.24, 2.45) is 5.41 Å². The minimum Gasteiger partial charge on any atom is -0.212 e. The van der Waals surface area contributed by atoms with Gasteiger partial charge in [-0.15, -0.1) is 0 Å². The van der Waals surface area contributed by atoms with Gasteiger partial charge in [0.1, 0.15) is 0 Å².